The first kappa shape index (κ1) is 13.6. The number of halogens is 1. The van der Waals surface area contributed by atoms with Crippen molar-refractivity contribution in [1.82, 2.24) is 0 Å². The van der Waals surface area contributed by atoms with Crippen molar-refractivity contribution >= 4 is 5.69 Å². The van der Waals surface area contributed by atoms with E-state index in [2.05, 4.69) is 11.4 Å². The Balaban J connectivity index is 2.01. The first-order valence-electron chi connectivity index (χ1n) is 6.26. The number of hydrogen-bond donors (Lipinski definition) is 1. The molecule has 0 saturated carbocycles. The molecule has 3 heteroatoms. The molecule has 100 valence electrons. The van der Waals surface area contributed by atoms with Gasteiger partial charge in [-0.3, -0.25) is 0 Å². The second kappa shape index (κ2) is 6.34. The van der Waals surface area contributed by atoms with Gasteiger partial charge in [0.05, 0.1) is 6.61 Å². The summed E-state index contributed by atoms with van der Waals surface area (Å²) in [5, 5.41) is 3.33. The molecule has 0 atom stereocenters. The Morgan fingerprint density at radius 3 is 2.68 bits per heavy atom. The predicted molar refractivity (Wildman–Crippen MR) is 75.6 cm³/mol. The summed E-state index contributed by atoms with van der Waals surface area (Å²) < 4.78 is 18.3. The predicted octanol–water partition coefficient (Wildman–Crippen LogP) is 3.89. The lowest BCUT2D eigenvalue weighted by atomic mass is 10.1. The van der Waals surface area contributed by atoms with Crippen molar-refractivity contribution in [3.05, 3.63) is 65.0 Å². The number of aryl methyl sites for hydroxylation is 1. The SMILES string of the molecule is COCc1cccc(NCc2ccc(F)c(C)c2)c1. The molecule has 19 heavy (non-hydrogen) atoms. The minimum atomic E-state index is -0.161. The summed E-state index contributed by atoms with van der Waals surface area (Å²) in [6, 6.07) is 13.3. The second-order valence-electron chi connectivity index (χ2n) is 4.57. The molecule has 0 aliphatic heterocycles. The number of hydrogen-bond acceptors (Lipinski definition) is 2. The highest BCUT2D eigenvalue weighted by atomic mass is 19.1. The lowest BCUT2D eigenvalue weighted by Crippen LogP contribution is -2.01. The lowest BCUT2D eigenvalue weighted by molar-refractivity contribution is 0.185. The molecular formula is C16H18FNO. The van der Waals surface area contributed by atoms with Gasteiger partial charge in [0.25, 0.3) is 0 Å². The molecule has 0 radical (unpaired) electrons. The minimum Gasteiger partial charge on any atom is -0.381 e. The van der Waals surface area contributed by atoms with Gasteiger partial charge in [0, 0.05) is 19.3 Å². The fourth-order valence-corrected chi connectivity index (χ4v) is 1.96. The summed E-state index contributed by atoms with van der Waals surface area (Å²) in [5.41, 5.74) is 3.91. The molecule has 0 amide bonds. The molecule has 0 bridgehead atoms. The zero-order valence-corrected chi connectivity index (χ0v) is 11.2. The maximum Gasteiger partial charge on any atom is 0.126 e. The Kier molecular flexibility index (Phi) is 4.53. The largest absolute Gasteiger partial charge is 0.381 e. The molecule has 0 unspecified atom stereocenters. The van der Waals surface area contributed by atoms with Gasteiger partial charge in [0.1, 0.15) is 5.82 Å². The van der Waals surface area contributed by atoms with Crippen LogP contribution in [0.5, 0.6) is 0 Å². The van der Waals surface area contributed by atoms with E-state index in [0.29, 0.717) is 18.7 Å². The molecule has 2 aromatic carbocycles. The third kappa shape index (κ3) is 3.80. The fraction of sp³-hybridized carbons (Fsp3) is 0.250. The monoisotopic (exact) mass is 259 g/mol. The van der Waals surface area contributed by atoms with Gasteiger partial charge in [0.2, 0.25) is 0 Å². The van der Waals surface area contributed by atoms with E-state index in [4.69, 9.17) is 4.74 Å². The zero-order chi connectivity index (χ0) is 13.7. The van der Waals surface area contributed by atoms with Crippen LogP contribution >= 0.6 is 0 Å². The number of benzene rings is 2. The third-order valence-corrected chi connectivity index (χ3v) is 2.96. The van der Waals surface area contributed by atoms with E-state index in [1.165, 1.54) is 6.07 Å². The van der Waals surface area contributed by atoms with Crippen LogP contribution in [0.15, 0.2) is 42.5 Å². The average Bonchev–Trinajstić information content (AvgIpc) is 2.41. The quantitative estimate of drug-likeness (QED) is 0.879. The molecule has 0 aromatic heterocycles. The summed E-state index contributed by atoms with van der Waals surface area (Å²) in [4.78, 5) is 0. The molecule has 0 heterocycles. The molecule has 2 nitrogen and oxygen atoms in total. The highest BCUT2D eigenvalue weighted by Crippen LogP contribution is 2.14. The van der Waals surface area contributed by atoms with Crippen molar-refractivity contribution < 1.29 is 9.13 Å². The van der Waals surface area contributed by atoms with Crippen molar-refractivity contribution in [3.8, 4) is 0 Å². The van der Waals surface area contributed by atoms with Gasteiger partial charge in [-0.1, -0.05) is 24.3 Å². The van der Waals surface area contributed by atoms with Gasteiger partial charge in [-0.2, -0.15) is 0 Å². The summed E-state index contributed by atoms with van der Waals surface area (Å²) >= 11 is 0. The van der Waals surface area contributed by atoms with Gasteiger partial charge < -0.3 is 10.1 Å². The fourth-order valence-electron chi connectivity index (χ4n) is 1.96. The van der Waals surface area contributed by atoms with E-state index in [0.717, 1.165) is 16.8 Å². The highest BCUT2D eigenvalue weighted by Gasteiger charge is 2.00. The number of nitrogens with one attached hydrogen (secondary N) is 1. The summed E-state index contributed by atoms with van der Waals surface area (Å²) in [6.07, 6.45) is 0. The van der Waals surface area contributed by atoms with Gasteiger partial charge in [-0.05, 0) is 41.8 Å². The van der Waals surface area contributed by atoms with Gasteiger partial charge >= 0.3 is 0 Å². The van der Waals surface area contributed by atoms with E-state index in [1.807, 2.05) is 24.3 Å². The maximum absolute atomic E-state index is 13.2. The normalized spacial score (nSPS) is 10.5. The standard InChI is InChI=1S/C16H18FNO/c1-12-8-13(6-7-16(12)17)10-18-15-5-3-4-14(9-15)11-19-2/h3-9,18H,10-11H2,1-2H3. The topological polar surface area (TPSA) is 21.3 Å². The summed E-state index contributed by atoms with van der Waals surface area (Å²) in [7, 11) is 1.68. The van der Waals surface area contributed by atoms with E-state index in [1.54, 1.807) is 20.1 Å². The van der Waals surface area contributed by atoms with Gasteiger partial charge in [-0.25, -0.2) is 4.39 Å². The van der Waals surface area contributed by atoms with Gasteiger partial charge in [0.15, 0.2) is 0 Å². The first-order chi connectivity index (χ1) is 9.19. The van der Waals surface area contributed by atoms with E-state index >= 15 is 0 Å². The average molecular weight is 259 g/mol. The van der Waals surface area contributed by atoms with Crippen LogP contribution < -0.4 is 5.32 Å². The number of ether oxygens (including phenoxy) is 1. The molecule has 1 N–H and O–H groups in total. The van der Waals surface area contributed by atoms with Crippen LogP contribution in [-0.4, -0.2) is 7.11 Å². The van der Waals surface area contributed by atoms with Gasteiger partial charge in [-0.15, -0.1) is 0 Å². The Morgan fingerprint density at radius 1 is 1.11 bits per heavy atom. The van der Waals surface area contributed by atoms with Crippen LogP contribution in [0.1, 0.15) is 16.7 Å². The van der Waals surface area contributed by atoms with E-state index in [-0.39, 0.29) is 5.82 Å². The number of anilines is 1. The molecule has 0 saturated heterocycles. The van der Waals surface area contributed by atoms with Crippen molar-refractivity contribution in [2.24, 2.45) is 0 Å². The summed E-state index contributed by atoms with van der Waals surface area (Å²) in [6.45, 7) is 3.06. The number of rotatable bonds is 5. The number of methoxy groups -OCH3 is 1. The molecule has 2 rings (SSSR count). The Hall–Kier alpha value is -1.87. The lowest BCUT2D eigenvalue weighted by Gasteiger charge is -2.09. The van der Waals surface area contributed by atoms with Crippen LogP contribution in [-0.2, 0) is 17.9 Å². The first-order valence-corrected chi connectivity index (χ1v) is 6.26. The van der Waals surface area contributed by atoms with Crippen molar-refractivity contribution in [3.63, 3.8) is 0 Å². The molecule has 0 aliphatic rings. The van der Waals surface area contributed by atoms with Crippen LogP contribution in [0.25, 0.3) is 0 Å². The van der Waals surface area contributed by atoms with Crippen molar-refractivity contribution in [1.29, 1.82) is 0 Å². The highest BCUT2D eigenvalue weighted by molar-refractivity contribution is 5.46. The molecular weight excluding hydrogens is 241 g/mol. The van der Waals surface area contributed by atoms with Crippen LogP contribution in [0.4, 0.5) is 10.1 Å². The molecule has 2 aromatic rings. The van der Waals surface area contributed by atoms with Crippen molar-refractivity contribution in [2.45, 2.75) is 20.1 Å². The smallest absolute Gasteiger partial charge is 0.126 e. The second-order valence-corrected chi connectivity index (χ2v) is 4.57. The Morgan fingerprint density at radius 2 is 1.95 bits per heavy atom. The van der Waals surface area contributed by atoms with Crippen LogP contribution in [0, 0.1) is 12.7 Å². The Labute approximate surface area is 113 Å². The minimum absolute atomic E-state index is 0.161. The van der Waals surface area contributed by atoms with Crippen molar-refractivity contribution in [2.75, 3.05) is 12.4 Å². The molecule has 0 fully saturated rings. The van der Waals surface area contributed by atoms with Crippen LogP contribution in [0.2, 0.25) is 0 Å². The summed E-state index contributed by atoms with van der Waals surface area (Å²) in [5.74, 6) is -0.161. The molecule has 0 spiro atoms. The van der Waals surface area contributed by atoms with Crippen LogP contribution in [0.3, 0.4) is 0 Å². The van der Waals surface area contributed by atoms with E-state index in [9.17, 15) is 4.39 Å². The zero-order valence-electron chi connectivity index (χ0n) is 11.2. The van der Waals surface area contributed by atoms with E-state index < -0.39 is 0 Å². The third-order valence-electron chi connectivity index (χ3n) is 2.96. The Bertz CT molecular complexity index is 554. The molecule has 0 aliphatic carbocycles. The maximum atomic E-state index is 13.2.